The quantitative estimate of drug-likeness (QED) is 0.308. The molecule has 2 N–H and O–H groups in total. The minimum absolute atomic E-state index is 0.0188. The Balaban J connectivity index is 1.49. The number of benzene rings is 3. The Morgan fingerprint density at radius 3 is 2.18 bits per heavy atom. The second kappa shape index (κ2) is 10.5. The van der Waals surface area contributed by atoms with Gasteiger partial charge in [-0.3, -0.25) is 9.59 Å². The molecule has 0 spiro atoms. The molecule has 2 amide bonds. The third-order valence-corrected chi connectivity index (χ3v) is 5.85. The molecule has 0 aliphatic rings. The molecule has 0 radical (unpaired) electrons. The van der Waals surface area contributed by atoms with Crippen molar-refractivity contribution < 1.29 is 9.59 Å². The molecule has 3 aromatic carbocycles. The lowest BCUT2D eigenvalue weighted by Gasteiger charge is -2.10. The summed E-state index contributed by atoms with van der Waals surface area (Å²) < 4.78 is 1.59. The third-order valence-electron chi connectivity index (χ3n) is 5.11. The van der Waals surface area contributed by atoms with Crippen LogP contribution in [0.2, 0.25) is 10.0 Å². The van der Waals surface area contributed by atoms with E-state index in [1.54, 1.807) is 28.9 Å². The Kier molecular flexibility index (Phi) is 7.30. The molecule has 0 saturated heterocycles. The average Bonchev–Trinajstić information content (AvgIpc) is 3.25. The van der Waals surface area contributed by atoms with Crippen molar-refractivity contribution in [1.29, 1.82) is 0 Å². The fourth-order valence-corrected chi connectivity index (χ4v) is 3.62. The van der Waals surface area contributed by atoms with E-state index in [0.29, 0.717) is 32.9 Å². The molecule has 1 aromatic heterocycles. The van der Waals surface area contributed by atoms with E-state index in [2.05, 4.69) is 15.7 Å². The predicted molar refractivity (Wildman–Crippen MR) is 137 cm³/mol. The first-order chi connectivity index (χ1) is 16.4. The van der Waals surface area contributed by atoms with Crippen LogP contribution >= 0.6 is 23.2 Å². The molecule has 1 heterocycles. The van der Waals surface area contributed by atoms with Gasteiger partial charge in [0.25, 0.3) is 0 Å². The third kappa shape index (κ3) is 5.84. The summed E-state index contributed by atoms with van der Waals surface area (Å²) >= 11 is 12.3. The van der Waals surface area contributed by atoms with Gasteiger partial charge in [0.05, 0.1) is 21.4 Å². The zero-order chi connectivity index (χ0) is 24.1. The van der Waals surface area contributed by atoms with Crippen LogP contribution in [0.5, 0.6) is 0 Å². The lowest BCUT2D eigenvalue weighted by atomic mass is 10.1. The van der Waals surface area contributed by atoms with Gasteiger partial charge in [-0.1, -0.05) is 71.2 Å². The second-order valence-corrected chi connectivity index (χ2v) is 8.57. The molecular formula is C26H22Cl2N4O2. The van der Waals surface area contributed by atoms with Gasteiger partial charge < -0.3 is 10.6 Å². The first-order valence-corrected chi connectivity index (χ1v) is 11.4. The molecule has 34 heavy (non-hydrogen) atoms. The van der Waals surface area contributed by atoms with Gasteiger partial charge in [-0.15, -0.1) is 0 Å². The number of carbonyl (C=O) groups is 2. The number of nitrogens with one attached hydrogen (secondary N) is 2. The average molecular weight is 493 g/mol. The fraction of sp³-hybridized carbons (Fsp3) is 0.115. The van der Waals surface area contributed by atoms with Crippen LogP contribution in [0.25, 0.3) is 16.9 Å². The highest BCUT2D eigenvalue weighted by Gasteiger charge is 2.15. The van der Waals surface area contributed by atoms with Gasteiger partial charge in [-0.2, -0.15) is 5.10 Å². The molecule has 4 aromatic rings. The van der Waals surface area contributed by atoms with Crippen molar-refractivity contribution in [3.63, 3.8) is 0 Å². The predicted octanol–water partition coefficient (Wildman–Crippen LogP) is 6.51. The lowest BCUT2D eigenvalue weighted by Crippen LogP contribution is -2.18. The van der Waals surface area contributed by atoms with E-state index in [4.69, 9.17) is 23.2 Å². The van der Waals surface area contributed by atoms with Crippen molar-refractivity contribution >= 4 is 46.5 Å². The summed E-state index contributed by atoms with van der Waals surface area (Å²) in [6, 6.07) is 24.0. The Hall–Kier alpha value is -3.61. The number of rotatable bonds is 7. The van der Waals surface area contributed by atoms with Crippen molar-refractivity contribution in [2.24, 2.45) is 0 Å². The van der Waals surface area contributed by atoms with Crippen LogP contribution in [-0.2, 0) is 9.59 Å². The number of aromatic nitrogens is 2. The number of halogens is 2. The largest absolute Gasteiger partial charge is 0.326 e. The Morgan fingerprint density at radius 1 is 0.824 bits per heavy atom. The smallest absolute Gasteiger partial charge is 0.226 e. The monoisotopic (exact) mass is 492 g/mol. The van der Waals surface area contributed by atoms with Crippen molar-refractivity contribution in [1.82, 2.24) is 9.78 Å². The highest BCUT2D eigenvalue weighted by atomic mass is 35.5. The van der Waals surface area contributed by atoms with Crippen LogP contribution in [0.3, 0.4) is 0 Å². The van der Waals surface area contributed by atoms with Crippen LogP contribution in [0.4, 0.5) is 11.5 Å². The number of amides is 2. The molecule has 0 aliphatic carbocycles. The van der Waals surface area contributed by atoms with E-state index in [1.807, 2.05) is 61.5 Å². The number of carbonyl (C=O) groups excluding carboxylic acids is 2. The maximum atomic E-state index is 12.7. The fourth-order valence-electron chi connectivity index (χ4n) is 3.33. The zero-order valence-corrected chi connectivity index (χ0v) is 19.9. The van der Waals surface area contributed by atoms with Gasteiger partial charge >= 0.3 is 0 Å². The van der Waals surface area contributed by atoms with Gasteiger partial charge in [0.1, 0.15) is 5.82 Å². The summed E-state index contributed by atoms with van der Waals surface area (Å²) in [6.45, 7) is 1.97. The normalized spacial score (nSPS) is 10.7. The molecule has 0 bridgehead atoms. The summed E-state index contributed by atoms with van der Waals surface area (Å²) in [5.74, 6) is -0.0805. The van der Waals surface area contributed by atoms with E-state index >= 15 is 0 Å². The van der Waals surface area contributed by atoms with Gasteiger partial charge in [-0.25, -0.2) is 4.68 Å². The zero-order valence-electron chi connectivity index (χ0n) is 18.4. The summed E-state index contributed by atoms with van der Waals surface area (Å²) in [4.78, 5) is 25.0. The molecule has 4 rings (SSSR count). The molecule has 0 aliphatic heterocycles. The molecule has 0 saturated carbocycles. The number of aryl methyl sites for hydroxylation is 1. The maximum absolute atomic E-state index is 12.7. The molecule has 6 nitrogen and oxygen atoms in total. The van der Waals surface area contributed by atoms with E-state index < -0.39 is 0 Å². The SMILES string of the molecule is Cc1ccc(NC(=O)CCC(=O)Nc2cc(-c3ccccc3)nn2-c2ccc(Cl)c(Cl)c2)cc1. The Morgan fingerprint density at radius 2 is 1.50 bits per heavy atom. The number of anilines is 2. The second-order valence-electron chi connectivity index (χ2n) is 7.75. The minimum Gasteiger partial charge on any atom is -0.326 e. The van der Waals surface area contributed by atoms with Crippen LogP contribution in [-0.4, -0.2) is 21.6 Å². The highest BCUT2D eigenvalue weighted by molar-refractivity contribution is 6.42. The number of nitrogens with zero attached hydrogens (tertiary/aromatic N) is 2. The molecule has 172 valence electrons. The van der Waals surface area contributed by atoms with Crippen molar-refractivity contribution in [3.8, 4) is 16.9 Å². The summed E-state index contributed by atoms with van der Waals surface area (Å²) in [7, 11) is 0. The Labute approximate surface area is 207 Å². The Bertz CT molecular complexity index is 1320. The van der Waals surface area contributed by atoms with E-state index in [9.17, 15) is 9.59 Å². The van der Waals surface area contributed by atoms with Crippen molar-refractivity contribution in [2.45, 2.75) is 19.8 Å². The van der Waals surface area contributed by atoms with Crippen LogP contribution < -0.4 is 10.6 Å². The van der Waals surface area contributed by atoms with E-state index in [1.165, 1.54) is 0 Å². The summed E-state index contributed by atoms with van der Waals surface area (Å²) in [5, 5.41) is 11.1. The minimum atomic E-state index is -0.306. The maximum Gasteiger partial charge on any atom is 0.226 e. The van der Waals surface area contributed by atoms with Crippen molar-refractivity contribution in [3.05, 3.63) is 94.5 Å². The van der Waals surface area contributed by atoms with Crippen molar-refractivity contribution in [2.75, 3.05) is 10.6 Å². The molecule has 8 heteroatoms. The molecule has 0 fully saturated rings. The molecule has 0 unspecified atom stereocenters. The molecular weight excluding hydrogens is 471 g/mol. The first kappa shape index (κ1) is 23.5. The number of hydrogen-bond acceptors (Lipinski definition) is 3. The van der Waals surface area contributed by atoms with Gasteiger partial charge in [0.15, 0.2) is 0 Å². The summed E-state index contributed by atoms with van der Waals surface area (Å²) in [5.41, 5.74) is 4.02. The van der Waals surface area contributed by atoms with Crippen LogP contribution in [0.15, 0.2) is 78.9 Å². The first-order valence-electron chi connectivity index (χ1n) is 10.7. The van der Waals surface area contributed by atoms with E-state index in [0.717, 1.165) is 11.1 Å². The topological polar surface area (TPSA) is 76.0 Å². The lowest BCUT2D eigenvalue weighted by molar-refractivity contribution is -0.121. The standard InChI is InChI=1S/C26H22Cl2N4O2/c1-17-7-9-19(10-8-17)29-25(33)13-14-26(34)30-24-16-23(18-5-3-2-4-6-18)31-32(24)20-11-12-21(27)22(28)15-20/h2-12,15-16H,13-14H2,1H3,(H,29,33)(H,30,34). The highest BCUT2D eigenvalue weighted by Crippen LogP contribution is 2.29. The van der Waals surface area contributed by atoms with Crippen LogP contribution in [0.1, 0.15) is 18.4 Å². The van der Waals surface area contributed by atoms with Gasteiger partial charge in [0, 0.05) is 30.2 Å². The molecule has 0 atom stereocenters. The van der Waals surface area contributed by atoms with Crippen LogP contribution in [0, 0.1) is 6.92 Å². The summed E-state index contributed by atoms with van der Waals surface area (Å²) in [6.07, 6.45) is 0.0665. The number of hydrogen-bond donors (Lipinski definition) is 2. The van der Waals surface area contributed by atoms with Gasteiger partial charge in [-0.05, 0) is 37.3 Å². The van der Waals surface area contributed by atoms with E-state index in [-0.39, 0.29) is 24.7 Å². The van der Waals surface area contributed by atoms with Gasteiger partial charge in [0.2, 0.25) is 11.8 Å².